The fraction of sp³-hybridized carbons (Fsp3) is 0.238. The van der Waals surface area contributed by atoms with Crippen LogP contribution in [0.5, 0.6) is 0 Å². The second kappa shape index (κ2) is 10.2. The molecule has 2 amide bonds. The summed E-state index contributed by atoms with van der Waals surface area (Å²) in [6.45, 7) is 3.54. The van der Waals surface area contributed by atoms with Crippen molar-refractivity contribution in [2.75, 3.05) is 18.9 Å². The summed E-state index contributed by atoms with van der Waals surface area (Å²) in [5.74, 6) is 0.559. The lowest BCUT2D eigenvalue weighted by Gasteiger charge is -2.18. The zero-order chi connectivity index (χ0) is 22.5. The largest absolute Gasteiger partial charge is 0.361 e. The smallest absolute Gasteiger partial charge is 0.256 e. The van der Waals surface area contributed by atoms with Gasteiger partial charge in [-0.2, -0.15) is 0 Å². The second-order valence-electron chi connectivity index (χ2n) is 6.75. The molecule has 10 heteroatoms. The van der Waals surface area contributed by atoms with Gasteiger partial charge in [0.1, 0.15) is 10.8 Å². The van der Waals surface area contributed by atoms with Crippen molar-refractivity contribution < 1.29 is 14.1 Å². The van der Waals surface area contributed by atoms with Crippen LogP contribution in [0.15, 0.2) is 46.1 Å². The molecule has 2 aromatic heterocycles. The number of benzene rings is 1. The molecular formula is C21H20Cl2N4O3S. The van der Waals surface area contributed by atoms with Gasteiger partial charge in [-0.25, -0.2) is 4.98 Å². The van der Waals surface area contributed by atoms with Crippen LogP contribution in [-0.4, -0.2) is 40.4 Å². The molecule has 3 aromatic rings. The standard InChI is InChI=1S/C21H20Cl2N4O3S/c1-12-15(13(2)30-26-12)11-31-20-14(6-5-9-24-20)21(29)27(3)10-18(28)25-19-16(22)7-4-8-17(19)23/h4-9H,10-11H2,1-3H3,(H,25,28). The van der Waals surface area contributed by atoms with Crippen LogP contribution in [0.3, 0.4) is 0 Å². The van der Waals surface area contributed by atoms with Crippen molar-refractivity contribution in [2.24, 2.45) is 0 Å². The average Bonchev–Trinajstić information content (AvgIpc) is 3.06. The summed E-state index contributed by atoms with van der Waals surface area (Å²) in [6, 6.07) is 8.29. The van der Waals surface area contributed by atoms with Crippen molar-refractivity contribution in [3.05, 3.63) is 69.2 Å². The Morgan fingerprint density at radius 3 is 2.52 bits per heavy atom. The van der Waals surface area contributed by atoms with E-state index in [0.29, 0.717) is 32.1 Å². The minimum absolute atomic E-state index is 0.177. The van der Waals surface area contributed by atoms with Gasteiger partial charge in [0.05, 0.1) is 33.5 Å². The Bertz CT molecular complexity index is 1080. The van der Waals surface area contributed by atoms with E-state index in [1.165, 1.54) is 16.7 Å². The number of nitrogens with zero attached hydrogens (tertiary/aromatic N) is 3. The van der Waals surface area contributed by atoms with Gasteiger partial charge in [-0.3, -0.25) is 9.59 Å². The molecule has 1 N–H and O–H groups in total. The highest BCUT2D eigenvalue weighted by Gasteiger charge is 2.21. The van der Waals surface area contributed by atoms with Crippen LogP contribution >= 0.6 is 35.0 Å². The van der Waals surface area contributed by atoms with Crippen molar-refractivity contribution in [3.63, 3.8) is 0 Å². The quantitative estimate of drug-likeness (QED) is 0.480. The van der Waals surface area contributed by atoms with Gasteiger partial charge in [0.25, 0.3) is 5.91 Å². The Morgan fingerprint density at radius 1 is 1.16 bits per heavy atom. The fourth-order valence-corrected chi connectivity index (χ4v) is 4.44. The summed E-state index contributed by atoms with van der Waals surface area (Å²) in [4.78, 5) is 31.1. The lowest BCUT2D eigenvalue weighted by molar-refractivity contribution is -0.116. The highest BCUT2D eigenvalue weighted by atomic mass is 35.5. The maximum Gasteiger partial charge on any atom is 0.256 e. The molecule has 0 aliphatic heterocycles. The molecule has 0 saturated carbocycles. The van der Waals surface area contributed by atoms with Gasteiger partial charge in [0.2, 0.25) is 5.91 Å². The molecule has 3 rings (SSSR count). The number of para-hydroxylation sites is 1. The minimum atomic E-state index is -0.417. The van der Waals surface area contributed by atoms with Gasteiger partial charge >= 0.3 is 0 Å². The summed E-state index contributed by atoms with van der Waals surface area (Å²) >= 11 is 13.6. The molecular weight excluding hydrogens is 459 g/mol. The van der Waals surface area contributed by atoms with Gasteiger partial charge < -0.3 is 14.7 Å². The van der Waals surface area contributed by atoms with E-state index >= 15 is 0 Å². The summed E-state index contributed by atoms with van der Waals surface area (Å²) in [5.41, 5.74) is 2.50. The second-order valence-corrected chi connectivity index (χ2v) is 8.53. The normalized spacial score (nSPS) is 10.7. The van der Waals surface area contributed by atoms with Gasteiger partial charge in [0, 0.05) is 24.6 Å². The van der Waals surface area contributed by atoms with Gasteiger partial charge in [-0.1, -0.05) is 34.4 Å². The highest BCUT2D eigenvalue weighted by molar-refractivity contribution is 7.98. The van der Waals surface area contributed by atoms with Crippen molar-refractivity contribution in [1.29, 1.82) is 0 Å². The summed E-state index contributed by atoms with van der Waals surface area (Å²) in [7, 11) is 1.55. The first-order valence-electron chi connectivity index (χ1n) is 9.26. The SMILES string of the molecule is Cc1noc(C)c1CSc1ncccc1C(=O)N(C)CC(=O)Nc1c(Cl)cccc1Cl. The van der Waals surface area contributed by atoms with Gasteiger partial charge in [-0.05, 0) is 38.1 Å². The van der Waals surface area contributed by atoms with Crippen LogP contribution in [0.1, 0.15) is 27.4 Å². The van der Waals surface area contributed by atoms with Crippen molar-refractivity contribution >= 4 is 52.5 Å². The molecule has 0 saturated heterocycles. The summed E-state index contributed by atoms with van der Waals surface area (Å²) in [5, 5.41) is 7.80. The number of carbonyl (C=O) groups excluding carboxylic acids is 2. The van der Waals surface area contributed by atoms with E-state index in [1.807, 2.05) is 13.8 Å². The van der Waals surface area contributed by atoms with Crippen molar-refractivity contribution in [3.8, 4) is 0 Å². The highest BCUT2D eigenvalue weighted by Crippen LogP contribution is 2.30. The van der Waals surface area contributed by atoms with Crippen LogP contribution in [0.4, 0.5) is 5.69 Å². The number of aryl methyl sites for hydroxylation is 2. The molecule has 0 atom stereocenters. The Hall–Kier alpha value is -2.55. The topological polar surface area (TPSA) is 88.3 Å². The molecule has 162 valence electrons. The zero-order valence-corrected chi connectivity index (χ0v) is 19.4. The fourth-order valence-electron chi connectivity index (χ4n) is 2.81. The maximum absolute atomic E-state index is 13.0. The molecule has 0 aliphatic carbocycles. The van der Waals surface area contributed by atoms with E-state index in [4.69, 9.17) is 27.7 Å². The van der Waals surface area contributed by atoms with E-state index in [0.717, 1.165) is 17.0 Å². The Kier molecular flexibility index (Phi) is 7.59. The first-order valence-corrected chi connectivity index (χ1v) is 11.0. The van der Waals surface area contributed by atoms with E-state index in [1.54, 1.807) is 43.6 Å². The van der Waals surface area contributed by atoms with Crippen molar-refractivity contribution in [2.45, 2.75) is 24.6 Å². The number of hydrogen-bond donors (Lipinski definition) is 1. The number of halogens is 2. The number of amides is 2. The molecule has 0 unspecified atom stereocenters. The third-order valence-electron chi connectivity index (χ3n) is 4.49. The Labute approximate surface area is 194 Å². The molecule has 0 spiro atoms. The summed E-state index contributed by atoms with van der Waals surface area (Å²) in [6.07, 6.45) is 1.62. The zero-order valence-electron chi connectivity index (χ0n) is 17.1. The minimum Gasteiger partial charge on any atom is -0.361 e. The van der Waals surface area contributed by atoms with E-state index < -0.39 is 5.91 Å². The van der Waals surface area contributed by atoms with Crippen LogP contribution in [-0.2, 0) is 10.5 Å². The molecule has 0 radical (unpaired) electrons. The van der Waals surface area contributed by atoms with Crippen LogP contribution < -0.4 is 5.32 Å². The van der Waals surface area contributed by atoms with E-state index in [-0.39, 0.29) is 12.5 Å². The predicted octanol–water partition coefficient (Wildman–Crippen LogP) is 5.00. The molecule has 0 aliphatic rings. The third-order valence-corrected chi connectivity index (χ3v) is 6.15. The lowest BCUT2D eigenvalue weighted by atomic mass is 10.2. The molecule has 7 nitrogen and oxygen atoms in total. The Morgan fingerprint density at radius 2 is 1.87 bits per heavy atom. The maximum atomic E-state index is 13.0. The van der Waals surface area contributed by atoms with Crippen molar-refractivity contribution in [1.82, 2.24) is 15.0 Å². The number of hydrogen-bond acceptors (Lipinski definition) is 6. The molecule has 0 bridgehead atoms. The number of aromatic nitrogens is 2. The molecule has 1 aromatic carbocycles. The van der Waals surface area contributed by atoms with E-state index in [2.05, 4.69) is 15.5 Å². The lowest BCUT2D eigenvalue weighted by Crippen LogP contribution is -2.35. The monoisotopic (exact) mass is 478 g/mol. The van der Waals surface area contributed by atoms with Gasteiger partial charge in [0.15, 0.2) is 0 Å². The number of rotatable bonds is 7. The number of anilines is 1. The number of nitrogens with one attached hydrogen (secondary N) is 1. The number of pyridine rings is 1. The molecule has 0 fully saturated rings. The third kappa shape index (κ3) is 5.58. The van der Waals surface area contributed by atoms with E-state index in [9.17, 15) is 9.59 Å². The number of thioether (sulfide) groups is 1. The molecule has 31 heavy (non-hydrogen) atoms. The van der Waals surface area contributed by atoms with Crippen LogP contribution in [0.2, 0.25) is 10.0 Å². The number of likely N-dealkylation sites (N-methyl/N-ethyl adjacent to an activating group) is 1. The number of carbonyl (C=O) groups is 2. The molecule has 2 heterocycles. The Balaban J connectivity index is 1.68. The average molecular weight is 479 g/mol. The van der Waals surface area contributed by atoms with Gasteiger partial charge in [-0.15, -0.1) is 11.8 Å². The predicted molar refractivity (Wildman–Crippen MR) is 122 cm³/mol. The summed E-state index contributed by atoms with van der Waals surface area (Å²) < 4.78 is 5.19. The first kappa shape index (κ1) is 23.1. The van der Waals surface area contributed by atoms with Crippen LogP contribution in [0.25, 0.3) is 0 Å². The van der Waals surface area contributed by atoms with Crippen LogP contribution in [0, 0.1) is 13.8 Å². The first-order chi connectivity index (χ1) is 14.8.